The number of rotatable bonds is 5. The van der Waals surface area contributed by atoms with Gasteiger partial charge in [0.05, 0.1) is 0 Å². The standard InChI is InChI=1S/C16H31N3O/c1-13(12-19-8-3-2-4-9-19)18-16(20)11-14-6-5-7-15(17)10-14/h13-15H,2-12,17H2,1H3,(H,18,20). The van der Waals surface area contributed by atoms with Crippen LogP contribution in [0.5, 0.6) is 0 Å². The van der Waals surface area contributed by atoms with Crippen LogP contribution < -0.4 is 11.1 Å². The number of hydrogen-bond donors (Lipinski definition) is 2. The highest BCUT2D eigenvalue weighted by atomic mass is 16.1. The van der Waals surface area contributed by atoms with Gasteiger partial charge in [0.25, 0.3) is 0 Å². The van der Waals surface area contributed by atoms with Crippen LogP contribution >= 0.6 is 0 Å². The van der Waals surface area contributed by atoms with Crippen LogP contribution in [0.15, 0.2) is 0 Å². The number of amides is 1. The Balaban J connectivity index is 1.65. The lowest BCUT2D eigenvalue weighted by atomic mass is 9.84. The van der Waals surface area contributed by atoms with E-state index in [4.69, 9.17) is 5.73 Å². The highest BCUT2D eigenvalue weighted by Crippen LogP contribution is 2.25. The summed E-state index contributed by atoms with van der Waals surface area (Å²) in [6, 6.07) is 0.574. The molecule has 1 aliphatic heterocycles. The molecule has 2 aliphatic rings. The Hall–Kier alpha value is -0.610. The van der Waals surface area contributed by atoms with Crippen molar-refractivity contribution in [2.45, 2.75) is 70.4 Å². The van der Waals surface area contributed by atoms with E-state index in [1.165, 1.54) is 45.2 Å². The van der Waals surface area contributed by atoms with E-state index in [1.54, 1.807) is 0 Å². The van der Waals surface area contributed by atoms with Crippen molar-refractivity contribution in [1.29, 1.82) is 0 Å². The molecule has 1 heterocycles. The minimum Gasteiger partial charge on any atom is -0.352 e. The monoisotopic (exact) mass is 281 g/mol. The molecule has 116 valence electrons. The van der Waals surface area contributed by atoms with Gasteiger partial charge in [-0.3, -0.25) is 4.79 Å². The number of piperidine rings is 1. The van der Waals surface area contributed by atoms with Gasteiger partial charge in [-0.1, -0.05) is 12.8 Å². The molecule has 1 aliphatic carbocycles. The van der Waals surface area contributed by atoms with Gasteiger partial charge in [0.1, 0.15) is 0 Å². The van der Waals surface area contributed by atoms with Crippen LogP contribution in [0.4, 0.5) is 0 Å². The molecule has 0 aromatic rings. The zero-order valence-electron chi connectivity index (χ0n) is 12.9. The average molecular weight is 281 g/mol. The van der Waals surface area contributed by atoms with Crippen molar-refractivity contribution in [1.82, 2.24) is 10.2 Å². The van der Waals surface area contributed by atoms with Gasteiger partial charge in [-0.15, -0.1) is 0 Å². The highest BCUT2D eigenvalue weighted by Gasteiger charge is 2.22. The lowest BCUT2D eigenvalue weighted by Gasteiger charge is -2.30. The van der Waals surface area contributed by atoms with Gasteiger partial charge >= 0.3 is 0 Å². The molecule has 4 nitrogen and oxygen atoms in total. The highest BCUT2D eigenvalue weighted by molar-refractivity contribution is 5.76. The molecule has 20 heavy (non-hydrogen) atoms. The molecule has 3 atom stereocenters. The minimum atomic E-state index is 0.216. The van der Waals surface area contributed by atoms with E-state index in [0.29, 0.717) is 18.4 Å². The smallest absolute Gasteiger partial charge is 0.220 e. The van der Waals surface area contributed by atoms with E-state index in [0.717, 1.165) is 19.4 Å². The molecule has 2 fully saturated rings. The maximum atomic E-state index is 12.1. The van der Waals surface area contributed by atoms with Crippen molar-refractivity contribution >= 4 is 5.91 Å². The molecule has 0 aromatic heterocycles. The Kier molecular flexibility index (Phi) is 6.30. The summed E-state index contributed by atoms with van der Waals surface area (Å²) in [6.45, 7) is 5.50. The lowest BCUT2D eigenvalue weighted by Crippen LogP contribution is -2.44. The predicted octanol–water partition coefficient (Wildman–Crippen LogP) is 1.88. The average Bonchev–Trinajstić information content (AvgIpc) is 2.39. The lowest BCUT2D eigenvalue weighted by molar-refractivity contribution is -0.123. The Morgan fingerprint density at radius 2 is 2.00 bits per heavy atom. The van der Waals surface area contributed by atoms with Crippen molar-refractivity contribution < 1.29 is 4.79 Å². The van der Waals surface area contributed by atoms with E-state index in [1.807, 2.05) is 0 Å². The molecule has 0 spiro atoms. The first kappa shape index (κ1) is 15.8. The van der Waals surface area contributed by atoms with Gasteiger partial charge in [0, 0.05) is 25.0 Å². The van der Waals surface area contributed by atoms with Crippen LogP contribution in [-0.4, -0.2) is 42.5 Å². The maximum Gasteiger partial charge on any atom is 0.220 e. The predicted molar refractivity (Wildman–Crippen MR) is 82.4 cm³/mol. The first-order valence-electron chi connectivity index (χ1n) is 8.41. The van der Waals surface area contributed by atoms with E-state index >= 15 is 0 Å². The minimum absolute atomic E-state index is 0.216. The van der Waals surface area contributed by atoms with E-state index in [-0.39, 0.29) is 11.9 Å². The molecule has 1 saturated carbocycles. The van der Waals surface area contributed by atoms with Crippen LogP contribution in [-0.2, 0) is 4.79 Å². The Morgan fingerprint density at radius 3 is 2.70 bits per heavy atom. The summed E-state index contributed by atoms with van der Waals surface area (Å²) in [5, 5.41) is 3.17. The molecule has 3 N–H and O–H groups in total. The van der Waals surface area contributed by atoms with Crippen molar-refractivity contribution in [3.05, 3.63) is 0 Å². The number of carbonyl (C=O) groups is 1. The molecular formula is C16H31N3O. The number of hydrogen-bond acceptors (Lipinski definition) is 3. The third-order valence-electron chi connectivity index (χ3n) is 4.69. The molecule has 3 unspecified atom stereocenters. The fraction of sp³-hybridized carbons (Fsp3) is 0.938. The molecule has 1 saturated heterocycles. The maximum absolute atomic E-state index is 12.1. The van der Waals surface area contributed by atoms with Gasteiger partial charge < -0.3 is 16.0 Å². The fourth-order valence-corrected chi connectivity index (χ4v) is 3.69. The summed E-state index contributed by atoms with van der Waals surface area (Å²) in [6.07, 6.45) is 9.14. The second-order valence-corrected chi connectivity index (χ2v) is 6.83. The number of nitrogens with one attached hydrogen (secondary N) is 1. The number of nitrogens with two attached hydrogens (primary N) is 1. The van der Waals surface area contributed by atoms with Crippen LogP contribution in [0.1, 0.15) is 58.3 Å². The summed E-state index contributed by atoms with van der Waals surface area (Å²) in [5.41, 5.74) is 5.99. The Labute approximate surface area is 123 Å². The summed E-state index contributed by atoms with van der Waals surface area (Å²) in [5.74, 6) is 0.717. The van der Waals surface area contributed by atoms with E-state index in [2.05, 4.69) is 17.1 Å². The SMILES string of the molecule is CC(CN1CCCCC1)NC(=O)CC1CCCC(N)C1. The molecule has 2 rings (SSSR count). The molecule has 1 amide bonds. The quantitative estimate of drug-likeness (QED) is 0.809. The van der Waals surface area contributed by atoms with Crippen LogP contribution in [0.25, 0.3) is 0 Å². The summed E-state index contributed by atoms with van der Waals surface area (Å²) in [7, 11) is 0. The van der Waals surface area contributed by atoms with Crippen LogP contribution in [0, 0.1) is 5.92 Å². The van der Waals surface area contributed by atoms with Crippen molar-refractivity contribution in [3.63, 3.8) is 0 Å². The molecule has 4 heteroatoms. The van der Waals surface area contributed by atoms with Crippen molar-refractivity contribution in [3.8, 4) is 0 Å². The second-order valence-electron chi connectivity index (χ2n) is 6.83. The fourth-order valence-electron chi connectivity index (χ4n) is 3.69. The van der Waals surface area contributed by atoms with Gasteiger partial charge in [-0.05, 0) is 58.0 Å². The third-order valence-corrected chi connectivity index (χ3v) is 4.69. The Morgan fingerprint density at radius 1 is 1.25 bits per heavy atom. The van der Waals surface area contributed by atoms with Crippen molar-refractivity contribution in [2.75, 3.05) is 19.6 Å². The summed E-state index contributed by atoms with van der Waals surface area (Å²) >= 11 is 0. The normalized spacial score (nSPS) is 29.9. The summed E-state index contributed by atoms with van der Waals surface area (Å²) < 4.78 is 0. The van der Waals surface area contributed by atoms with E-state index < -0.39 is 0 Å². The largest absolute Gasteiger partial charge is 0.352 e. The zero-order chi connectivity index (χ0) is 14.4. The molecular weight excluding hydrogens is 250 g/mol. The summed E-state index contributed by atoms with van der Waals surface area (Å²) in [4.78, 5) is 14.6. The number of nitrogens with zero attached hydrogens (tertiary/aromatic N) is 1. The zero-order valence-corrected chi connectivity index (χ0v) is 12.9. The number of likely N-dealkylation sites (tertiary alicyclic amines) is 1. The molecule has 0 bridgehead atoms. The Bertz CT molecular complexity index is 302. The van der Waals surface area contributed by atoms with Gasteiger partial charge in [0.15, 0.2) is 0 Å². The van der Waals surface area contributed by atoms with E-state index in [9.17, 15) is 4.79 Å². The first-order valence-corrected chi connectivity index (χ1v) is 8.41. The van der Waals surface area contributed by atoms with Gasteiger partial charge in [0.2, 0.25) is 5.91 Å². The van der Waals surface area contributed by atoms with Gasteiger partial charge in [-0.25, -0.2) is 0 Å². The topological polar surface area (TPSA) is 58.4 Å². The van der Waals surface area contributed by atoms with Gasteiger partial charge in [-0.2, -0.15) is 0 Å². The molecule has 0 aromatic carbocycles. The first-order chi connectivity index (χ1) is 9.63. The van der Waals surface area contributed by atoms with Crippen molar-refractivity contribution in [2.24, 2.45) is 11.7 Å². The third kappa shape index (κ3) is 5.41. The second kappa shape index (κ2) is 7.99. The molecule has 0 radical (unpaired) electrons. The van der Waals surface area contributed by atoms with Crippen LogP contribution in [0.3, 0.4) is 0 Å². The van der Waals surface area contributed by atoms with Crippen LogP contribution in [0.2, 0.25) is 0 Å². The number of carbonyl (C=O) groups excluding carboxylic acids is 1.